The van der Waals surface area contributed by atoms with Crippen LogP contribution in [0.4, 0.5) is 3.89 Å². The summed E-state index contributed by atoms with van der Waals surface area (Å²) in [4.78, 5) is 0. The van der Waals surface area contributed by atoms with E-state index >= 15 is 0 Å². The second kappa shape index (κ2) is 5.82. The molecular weight excluding hydrogens is 217 g/mol. The molecular formula is C10H14FNO2S. The van der Waals surface area contributed by atoms with E-state index in [1.165, 1.54) is 5.56 Å². The lowest BCUT2D eigenvalue weighted by atomic mass is 10.1. The van der Waals surface area contributed by atoms with Gasteiger partial charge in [-0.1, -0.05) is 30.3 Å². The van der Waals surface area contributed by atoms with Crippen LogP contribution in [0.15, 0.2) is 30.3 Å². The molecule has 5 heteroatoms. The van der Waals surface area contributed by atoms with Gasteiger partial charge in [0.25, 0.3) is 0 Å². The second-order valence-electron chi connectivity index (χ2n) is 3.23. The van der Waals surface area contributed by atoms with Crippen molar-refractivity contribution in [3.05, 3.63) is 35.9 Å². The van der Waals surface area contributed by atoms with Crippen LogP contribution in [0.2, 0.25) is 0 Å². The zero-order valence-corrected chi connectivity index (χ0v) is 9.13. The molecule has 0 aliphatic heterocycles. The molecule has 1 aromatic carbocycles. The Morgan fingerprint density at radius 2 is 1.80 bits per heavy atom. The summed E-state index contributed by atoms with van der Waals surface area (Å²) in [7, 11) is -4.33. The zero-order chi connectivity index (χ0) is 11.1. The van der Waals surface area contributed by atoms with Crippen molar-refractivity contribution in [1.29, 1.82) is 0 Å². The van der Waals surface area contributed by atoms with Gasteiger partial charge in [-0.25, -0.2) is 0 Å². The highest BCUT2D eigenvalue weighted by Gasteiger charge is 2.04. The van der Waals surface area contributed by atoms with Gasteiger partial charge < -0.3 is 5.32 Å². The first-order chi connectivity index (χ1) is 7.08. The van der Waals surface area contributed by atoms with Crippen molar-refractivity contribution >= 4 is 10.2 Å². The van der Waals surface area contributed by atoms with Gasteiger partial charge in [0.05, 0.1) is 5.75 Å². The highest BCUT2D eigenvalue weighted by Crippen LogP contribution is 1.98. The lowest BCUT2D eigenvalue weighted by Gasteiger charge is -2.02. The van der Waals surface area contributed by atoms with Gasteiger partial charge in [0.1, 0.15) is 0 Å². The van der Waals surface area contributed by atoms with Gasteiger partial charge in [-0.15, -0.1) is 3.89 Å². The minimum atomic E-state index is -4.33. The molecule has 0 amide bonds. The van der Waals surface area contributed by atoms with Crippen LogP contribution in [0.1, 0.15) is 5.56 Å². The third kappa shape index (κ3) is 6.19. The Morgan fingerprint density at radius 3 is 2.40 bits per heavy atom. The molecule has 1 aromatic rings. The first-order valence-corrected chi connectivity index (χ1v) is 6.30. The third-order valence-electron chi connectivity index (χ3n) is 1.96. The highest BCUT2D eigenvalue weighted by atomic mass is 32.3. The Balaban J connectivity index is 2.13. The summed E-state index contributed by atoms with van der Waals surface area (Å²) in [6.45, 7) is 0.811. The van der Waals surface area contributed by atoms with Gasteiger partial charge in [-0.2, -0.15) is 8.42 Å². The number of rotatable bonds is 6. The van der Waals surface area contributed by atoms with Crippen LogP contribution in [-0.2, 0) is 16.6 Å². The van der Waals surface area contributed by atoms with Crippen molar-refractivity contribution in [1.82, 2.24) is 5.32 Å². The topological polar surface area (TPSA) is 46.2 Å². The smallest absolute Gasteiger partial charge is 0.303 e. The predicted octanol–water partition coefficient (Wildman–Crippen LogP) is 1.12. The molecule has 0 aromatic heterocycles. The largest absolute Gasteiger partial charge is 0.315 e. The molecule has 0 radical (unpaired) electrons. The molecule has 84 valence electrons. The van der Waals surface area contributed by atoms with Crippen LogP contribution in [-0.4, -0.2) is 27.3 Å². The van der Waals surface area contributed by atoms with Crippen molar-refractivity contribution in [3.8, 4) is 0 Å². The Bertz CT molecular complexity index is 378. The van der Waals surface area contributed by atoms with Crippen molar-refractivity contribution < 1.29 is 12.3 Å². The fraction of sp³-hybridized carbons (Fsp3) is 0.400. The maximum atomic E-state index is 12.1. The van der Waals surface area contributed by atoms with Gasteiger partial charge in [-0.05, 0) is 18.5 Å². The highest BCUT2D eigenvalue weighted by molar-refractivity contribution is 7.86. The number of nitrogens with one attached hydrogen (secondary N) is 1. The maximum absolute atomic E-state index is 12.1. The Kier molecular flexibility index (Phi) is 4.71. The van der Waals surface area contributed by atoms with Crippen molar-refractivity contribution in [2.45, 2.75) is 6.42 Å². The fourth-order valence-electron chi connectivity index (χ4n) is 1.20. The predicted molar refractivity (Wildman–Crippen MR) is 57.9 cm³/mol. The first-order valence-electron chi connectivity index (χ1n) is 4.75. The molecule has 3 nitrogen and oxygen atoms in total. The lowest BCUT2D eigenvalue weighted by Crippen LogP contribution is -2.23. The fourth-order valence-corrected chi connectivity index (χ4v) is 1.58. The summed E-state index contributed by atoms with van der Waals surface area (Å²) in [5.74, 6) is -0.457. The van der Waals surface area contributed by atoms with E-state index in [1.54, 1.807) is 0 Å². The van der Waals surface area contributed by atoms with E-state index in [-0.39, 0.29) is 6.54 Å². The number of halogens is 1. The van der Waals surface area contributed by atoms with Crippen LogP contribution in [0.5, 0.6) is 0 Å². The summed E-state index contributed by atoms with van der Waals surface area (Å²) >= 11 is 0. The van der Waals surface area contributed by atoms with Crippen molar-refractivity contribution in [3.63, 3.8) is 0 Å². The van der Waals surface area contributed by atoms with E-state index < -0.39 is 16.0 Å². The van der Waals surface area contributed by atoms with Crippen LogP contribution in [0, 0.1) is 0 Å². The first kappa shape index (κ1) is 12.1. The van der Waals surface area contributed by atoms with E-state index in [9.17, 15) is 12.3 Å². The van der Waals surface area contributed by atoms with Crippen molar-refractivity contribution in [2.24, 2.45) is 0 Å². The minimum absolute atomic E-state index is 0.158. The summed E-state index contributed by atoms with van der Waals surface area (Å²) in [5.41, 5.74) is 1.17. The van der Waals surface area contributed by atoms with Crippen molar-refractivity contribution in [2.75, 3.05) is 18.8 Å². The maximum Gasteiger partial charge on any atom is 0.303 e. The quantitative estimate of drug-likeness (QED) is 0.589. The molecule has 0 heterocycles. The van der Waals surface area contributed by atoms with E-state index in [0.29, 0.717) is 6.54 Å². The van der Waals surface area contributed by atoms with Gasteiger partial charge in [-0.3, -0.25) is 0 Å². The zero-order valence-electron chi connectivity index (χ0n) is 8.32. The lowest BCUT2D eigenvalue weighted by molar-refractivity contribution is 0.548. The SMILES string of the molecule is O=S(=O)(F)CCNCCc1ccccc1. The molecule has 0 aliphatic carbocycles. The summed E-state index contributed by atoms with van der Waals surface area (Å²) in [6.07, 6.45) is 0.813. The Hall–Kier alpha value is -0.940. The Labute approximate surface area is 89.5 Å². The molecule has 0 bridgehead atoms. The minimum Gasteiger partial charge on any atom is -0.315 e. The average molecular weight is 231 g/mol. The number of hydrogen-bond donors (Lipinski definition) is 1. The second-order valence-corrected chi connectivity index (χ2v) is 4.71. The standard InChI is InChI=1S/C10H14FNO2S/c11-15(13,14)9-8-12-7-6-10-4-2-1-3-5-10/h1-5,12H,6-9H2. The molecule has 0 aliphatic rings. The molecule has 0 saturated heterocycles. The molecule has 15 heavy (non-hydrogen) atoms. The number of hydrogen-bond acceptors (Lipinski definition) is 3. The van der Waals surface area contributed by atoms with Crippen LogP contribution >= 0.6 is 0 Å². The molecule has 0 atom stereocenters. The van der Waals surface area contributed by atoms with E-state index in [4.69, 9.17) is 0 Å². The monoisotopic (exact) mass is 231 g/mol. The summed E-state index contributed by atoms with van der Waals surface area (Å²) < 4.78 is 32.4. The number of benzene rings is 1. The van der Waals surface area contributed by atoms with Gasteiger partial charge >= 0.3 is 10.2 Å². The van der Waals surface area contributed by atoms with E-state index in [0.717, 1.165) is 6.42 Å². The molecule has 0 fully saturated rings. The average Bonchev–Trinajstić information content (AvgIpc) is 2.17. The van der Waals surface area contributed by atoms with E-state index in [1.807, 2.05) is 30.3 Å². The Morgan fingerprint density at radius 1 is 1.13 bits per heavy atom. The van der Waals surface area contributed by atoms with Crippen LogP contribution < -0.4 is 5.32 Å². The molecule has 1 N–H and O–H groups in total. The molecule has 0 spiro atoms. The summed E-state index contributed by atoms with van der Waals surface area (Å²) in [5, 5.41) is 2.87. The molecule has 0 saturated carbocycles. The molecule has 0 unspecified atom stereocenters. The molecule has 1 rings (SSSR count). The van der Waals surface area contributed by atoms with Gasteiger partial charge in [0.2, 0.25) is 0 Å². The van der Waals surface area contributed by atoms with Crippen LogP contribution in [0.25, 0.3) is 0 Å². The van der Waals surface area contributed by atoms with Gasteiger partial charge in [0.15, 0.2) is 0 Å². The van der Waals surface area contributed by atoms with Crippen LogP contribution in [0.3, 0.4) is 0 Å². The third-order valence-corrected chi connectivity index (χ3v) is 2.65. The van der Waals surface area contributed by atoms with Gasteiger partial charge in [0, 0.05) is 6.54 Å². The van der Waals surface area contributed by atoms with E-state index in [2.05, 4.69) is 5.32 Å². The normalized spacial score (nSPS) is 11.5. The summed E-state index contributed by atoms with van der Waals surface area (Å²) in [6, 6.07) is 9.82.